The molecular formula is C36H62N4O. The molecule has 0 fully saturated rings. The van der Waals surface area contributed by atoms with E-state index in [1.165, 1.54) is 88.2 Å². The lowest BCUT2D eigenvalue weighted by atomic mass is 9.97. The molecule has 0 aromatic heterocycles. The maximum Gasteiger partial charge on any atom is 0.127 e. The SMILES string of the molecule is CCCCCCCCC(N)CC(N)Cc1ccc(Oc2ccc(CC(N)CC(N)CCCCCCCC)cc2)cc1. The zero-order valence-corrected chi connectivity index (χ0v) is 26.4. The molecule has 41 heavy (non-hydrogen) atoms. The first-order valence-electron chi connectivity index (χ1n) is 16.8. The lowest BCUT2D eigenvalue weighted by Gasteiger charge is -2.18. The van der Waals surface area contributed by atoms with Crippen LogP contribution in [0.5, 0.6) is 11.5 Å². The molecule has 0 bridgehead atoms. The number of benzene rings is 2. The third-order valence-corrected chi connectivity index (χ3v) is 8.15. The summed E-state index contributed by atoms with van der Waals surface area (Å²) in [6.07, 6.45) is 21.2. The van der Waals surface area contributed by atoms with Gasteiger partial charge in [-0.15, -0.1) is 0 Å². The fourth-order valence-electron chi connectivity index (χ4n) is 5.68. The standard InChI is InChI=1S/C36H62N4O/c1-3-5-7-9-11-13-15-31(37)27-33(39)25-29-17-21-35(22-18-29)41-36-23-19-30(20-24-36)26-34(40)28-32(38)16-14-12-10-8-6-4-2/h17-24,31-34H,3-16,25-28,37-40H2,1-2H3. The molecule has 0 saturated carbocycles. The van der Waals surface area contributed by atoms with Crippen molar-refractivity contribution >= 4 is 0 Å². The second-order valence-electron chi connectivity index (χ2n) is 12.4. The average Bonchev–Trinajstić information content (AvgIpc) is 2.94. The molecule has 0 saturated heterocycles. The molecule has 2 aromatic carbocycles. The van der Waals surface area contributed by atoms with Gasteiger partial charge in [-0.25, -0.2) is 0 Å². The van der Waals surface area contributed by atoms with Crippen LogP contribution < -0.4 is 27.7 Å². The summed E-state index contributed by atoms with van der Waals surface area (Å²) >= 11 is 0. The van der Waals surface area contributed by atoms with Crippen LogP contribution in [0.3, 0.4) is 0 Å². The Morgan fingerprint density at radius 2 is 0.805 bits per heavy atom. The number of unbranched alkanes of at least 4 members (excludes halogenated alkanes) is 10. The van der Waals surface area contributed by atoms with E-state index in [9.17, 15) is 0 Å². The number of hydrogen-bond donors (Lipinski definition) is 4. The summed E-state index contributed by atoms with van der Waals surface area (Å²) in [7, 11) is 0. The van der Waals surface area contributed by atoms with Gasteiger partial charge in [0, 0.05) is 24.2 Å². The van der Waals surface area contributed by atoms with Crippen molar-refractivity contribution in [2.75, 3.05) is 0 Å². The van der Waals surface area contributed by atoms with E-state index in [0.29, 0.717) is 0 Å². The Hall–Kier alpha value is -1.92. The maximum absolute atomic E-state index is 6.43. The second kappa shape index (κ2) is 21.7. The van der Waals surface area contributed by atoms with Crippen LogP contribution in [0.2, 0.25) is 0 Å². The highest BCUT2D eigenvalue weighted by molar-refractivity contribution is 5.35. The van der Waals surface area contributed by atoms with Gasteiger partial charge in [0.1, 0.15) is 11.5 Å². The van der Waals surface area contributed by atoms with Crippen molar-refractivity contribution in [1.29, 1.82) is 0 Å². The molecule has 5 heteroatoms. The third kappa shape index (κ3) is 16.9. The summed E-state index contributed by atoms with van der Waals surface area (Å²) in [4.78, 5) is 0. The van der Waals surface area contributed by atoms with E-state index in [1.54, 1.807) is 0 Å². The third-order valence-electron chi connectivity index (χ3n) is 8.15. The zero-order valence-electron chi connectivity index (χ0n) is 26.4. The summed E-state index contributed by atoms with van der Waals surface area (Å²) in [6, 6.07) is 17.1. The molecule has 2 aromatic rings. The zero-order chi connectivity index (χ0) is 29.7. The second-order valence-corrected chi connectivity index (χ2v) is 12.4. The summed E-state index contributed by atoms with van der Waals surface area (Å²) in [5.74, 6) is 1.65. The van der Waals surface area contributed by atoms with Gasteiger partial charge in [-0.3, -0.25) is 0 Å². The highest BCUT2D eigenvalue weighted by atomic mass is 16.5. The van der Waals surface area contributed by atoms with E-state index in [2.05, 4.69) is 38.1 Å². The molecular weight excluding hydrogens is 504 g/mol. The van der Waals surface area contributed by atoms with Crippen LogP contribution in [0.4, 0.5) is 0 Å². The van der Waals surface area contributed by atoms with Crippen LogP contribution >= 0.6 is 0 Å². The molecule has 0 aliphatic heterocycles. The van der Waals surface area contributed by atoms with Gasteiger partial charge in [-0.1, -0.05) is 115 Å². The molecule has 4 unspecified atom stereocenters. The lowest BCUT2D eigenvalue weighted by molar-refractivity contribution is 0.466. The number of hydrogen-bond acceptors (Lipinski definition) is 5. The van der Waals surface area contributed by atoms with Gasteiger partial charge in [0.15, 0.2) is 0 Å². The van der Waals surface area contributed by atoms with Crippen molar-refractivity contribution in [3.05, 3.63) is 59.7 Å². The average molecular weight is 567 g/mol. The van der Waals surface area contributed by atoms with Crippen molar-refractivity contribution < 1.29 is 4.74 Å². The minimum Gasteiger partial charge on any atom is -0.457 e. The molecule has 8 N–H and O–H groups in total. The van der Waals surface area contributed by atoms with Gasteiger partial charge in [-0.2, -0.15) is 0 Å². The van der Waals surface area contributed by atoms with Crippen molar-refractivity contribution in [2.24, 2.45) is 22.9 Å². The summed E-state index contributed by atoms with van der Waals surface area (Å²) in [6.45, 7) is 4.51. The van der Waals surface area contributed by atoms with E-state index < -0.39 is 0 Å². The predicted molar refractivity (Wildman–Crippen MR) is 177 cm³/mol. The first-order chi connectivity index (χ1) is 19.9. The Morgan fingerprint density at radius 1 is 0.463 bits per heavy atom. The highest BCUT2D eigenvalue weighted by Gasteiger charge is 2.12. The van der Waals surface area contributed by atoms with Gasteiger partial charge >= 0.3 is 0 Å². The summed E-state index contributed by atoms with van der Waals surface area (Å²) in [5.41, 5.74) is 28.0. The van der Waals surface area contributed by atoms with E-state index in [-0.39, 0.29) is 24.2 Å². The van der Waals surface area contributed by atoms with Crippen LogP contribution in [0, 0.1) is 0 Å². The smallest absolute Gasteiger partial charge is 0.127 e. The van der Waals surface area contributed by atoms with Crippen LogP contribution in [0.25, 0.3) is 0 Å². The molecule has 4 atom stereocenters. The molecule has 0 heterocycles. The quantitative estimate of drug-likeness (QED) is 0.0957. The molecule has 0 radical (unpaired) electrons. The van der Waals surface area contributed by atoms with E-state index in [1.807, 2.05) is 24.3 Å². The predicted octanol–water partition coefficient (Wildman–Crippen LogP) is 8.15. The first-order valence-corrected chi connectivity index (χ1v) is 16.8. The lowest BCUT2D eigenvalue weighted by Crippen LogP contribution is -2.32. The Bertz CT molecular complexity index is 812. The van der Waals surface area contributed by atoms with Crippen molar-refractivity contribution in [2.45, 2.75) is 154 Å². The van der Waals surface area contributed by atoms with Crippen LogP contribution in [0.1, 0.15) is 128 Å². The fraction of sp³-hybridized carbons (Fsp3) is 0.667. The van der Waals surface area contributed by atoms with Gasteiger partial charge in [-0.05, 0) is 73.9 Å². The number of nitrogens with two attached hydrogens (primary N) is 4. The van der Waals surface area contributed by atoms with Crippen molar-refractivity contribution in [3.8, 4) is 11.5 Å². The Balaban J connectivity index is 1.66. The monoisotopic (exact) mass is 566 g/mol. The van der Waals surface area contributed by atoms with E-state index in [0.717, 1.165) is 50.0 Å². The van der Waals surface area contributed by atoms with Crippen LogP contribution in [-0.2, 0) is 12.8 Å². The molecule has 5 nitrogen and oxygen atoms in total. The van der Waals surface area contributed by atoms with Crippen molar-refractivity contribution in [1.82, 2.24) is 0 Å². The van der Waals surface area contributed by atoms with Gasteiger partial charge in [0.25, 0.3) is 0 Å². The normalized spacial score (nSPS) is 14.5. The summed E-state index contributed by atoms with van der Waals surface area (Å²) < 4.78 is 6.08. The molecule has 0 spiro atoms. The van der Waals surface area contributed by atoms with E-state index >= 15 is 0 Å². The Kier molecular flexibility index (Phi) is 18.7. The Morgan fingerprint density at radius 3 is 1.17 bits per heavy atom. The Labute approximate surface area is 252 Å². The van der Waals surface area contributed by atoms with E-state index in [4.69, 9.17) is 27.7 Å². The molecule has 0 aliphatic rings. The summed E-state index contributed by atoms with van der Waals surface area (Å²) in [5, 5.41) is 0. The van der Waals surface area contributed by atoms with Crippen LogP contribution in [0.15, 0.2) is 48.5 Å². The topological polar surface area (TPSA) is 113 Å². The molecule has 0 aliphatic carbocycles. The van der Waals surface area contributed by atoms with Gasteiger partial charge < -0.3 is 27.7 Å². The largest absolute Gasteiger partial charge is 0.457 e. The maximum atomic E-state index is 6.43. The van der Waals surface area contributed by atoms with Gasteiger partial charge in [0.05, 0.1) is 0 Å². The number of rotatable bonds is 24. The first kappa shape index (κ1) is 35.3. The number of ether oxygens (including phenoxy) is 1. The molecule has 232 valence electrons. The van der Waals surface area contributed by atoms with Gasteiger partial charge in [0.2, 0.25) is 0 Å². The fourth-order valence-corrected chi connectivity index (χ4v) is 5.68. The molecule has 2 rings (SSSR count). The minimum absolute atomic E-state index is 0.0841. The minimum atomic E-state index is 0.0841. The molecule has 0 amide bonds. The highest BCUT2D eigenvalue weighted by Crippen LogP contribution is 2.23. The van der Waals surface area contributed by atoms with Crippen LogP contribution in [-0.4, -0.2) is 24.2 Å². The van der Waals surface area contributed by atoms with Crippen molar-refractivity contribution in [3.63, 3.8) is 0 Å².